The lowest BCUT2D eigenvalue weighted by atomic mass is 9.84. The highest BCUT2D eigenvalue weighted by Gasteiger charge is 2.37. The number of esters is 1. The molecule has 0 saturated carbocycles. The van der Waals surface area contributed by atoms with Crippen LogP contribution in [0.3, 0.4) is 0 Å². The number of ether oxygens (including phenoxy) is 1. The number of carbonyl (C=O) groups is 1. The Morgan fingerprint density at radius 1 is 1.44 bits per heavy atom. The molecule has 0 heterocycles. The fourth-order valence-corrected chi connectivity index (χ4v) is 1.69. The maximum atomic E-state index is 11.7. The third kappa shape index (κ3) is 6.62. The molecule has 0 aliphatic carbocycles. The minimum atomic E-state index is -0.946. The summed E-state index contributed by atoms with van der Waals surface area (Å²) < 4.78 is 4.16. The van der Waals surface area contributed by atoms with Crippen molar-refractivity contribution in [2.24, 2.45) is 5.41 Å². The fourth-order valence-electron chi connectivity index (χ4n) is 1.42. The van der Waals surface area contributed by atoms with E-state index >= 15 is 0 Å². The van der Waals surface area contributed by atoms with Gasteiger partial charge in [0.1, 0.15) is 10.9 Å². The minimum absolute atomic E-state index is 0.149. The molecule has 1 atom stereocenters. The van der Waals surface area contributed by atoms with E-state index in [1.54, 1.807) is 20.8 Å². The summed E-state index contributed by atoms with van der Waals surface area (Å²) in [5.41, 5.74) is -0.946. The molecule has 1 N–H and O–H groups in total. The molecule has 0 rings (SSSR count). The molecule has 0 spiro atoms. The first kappa shape index (κ1) is 17.8. The summed E-state index contributed by atoms with van der Waals surface area (Å²) in [4.78, 5) is 11.7. The zero-order chi connectivity index (χ0) is 14.4. The number of halogens is 2. The van der Waals surface area contributed by atoms with Crippen LogP contribution in [0.25, 0.3) is 0 Å². The first-order valence-electron chi connectivity index (χ1n) is 5.95. The minimum Gasteiger partial charge on any atom is -0.461 e. The van der Waals surface area contributed by atoms with Crippen molar-refractivity contribution in [3.63, 3.8) is 0 Å². The zero-order valence-corrected chi connectivity index (χ0v) is 12.7. The third-order valence-corrected chi connectivity index (χ3v) is 3.16. The van der Waals surface area contributed by atoms with Gasteiger partial charge < -0.3 is 9.84 Å². The van der Waals surface area contributed by atoms with Gasteiger partial charge in [-0.2, -0.15) is 0 Å². The van der Waals surface area contributed by atoms with E-state index in [0.29, 0.717) is 19.3 Å². The largest absolute Gasteiger partial charge is 0.461 e. The molecule has 0 aromatic carbocycles. The molecular weight excluding hydrogens is 275 g/mol. The van der Waals surface area contributed by atoms with E-state index in [-0.39, 0.29) is 6.61 Å². The average molecular weight is 297 g/mol. The number of aliphatic hydroxyl groups is 1. The highest BCUT2D eigenvalue weighted by molar-refractivity contribution is 6.48. The summed E-state index contributed by atoms with van der Waals surface area (Å²) in [5.74, 6) is -0.436. The van der Waals surface area contributed by atoms with Gasteiger partial charge in [-0.05, 0) is 40.0 Å². The van der Waals surface area contributed by atoms with Crippen LogP contribution in [0.1, 0.15) is 40.0 Å². The first-order chi connectivity index (χ1) is 8.11. The van der Waals surface area contributed by atoms with Crippen LogP contribution < -0.4 is 0 Å². The summed E-state index contributed by atoms with van der Waals surface area (Å²) in [6, 6.07) is 0. The van der Waals surface area contributed by atoms with Crippen molar-refractivity contribution < 1.29 is 14.6 Å². The highest BCUT2D eigenvalue weighted by atomic mass is 35.5. The molecule has 3 nitrogen and oxygen atoms in total. The van der Waals surface area contributed by atoms with Crippen LogP contribution in [0.5, 0.6) is 0 Å². The van der Waals surface area contributed by atoms with E-state index in [9.17, 15) is 9.90 Å². The number of hydrogen-bond acceptors (Lipinski definition) is 3. The zero-order valence-electron chi connectivity index (χ0n) is 11.2. The number of hydrogen-bond donors (Lipinski definition) is 1. The standard InChI is InChI=1S/C13H22Cl2O3/c1-5-9-18-11(17)12(2,3)10(16)7-6-8-13(4,14)15/h5,10,16H,1,6-9H2,2-4H3/t10-/m0/s1. The lowest BCUT2D eigenvalue weighted by molar-refractivity contribution is -0.159. The molecule has 0 fully saturated rings. The smallest absolute Gasteiger partial charge is 0.314 e. The molecule has 0 saturated heterocycles. The molecule has 0 radical (unpaired) electrons. The van der Waals surface area contributed by atoms with Gasteiger partial charge in [0.05, 0.1) is 11.5 Å². The molecule has 0 aliphatic heterocycles. The van der Waals surface area contributed by atoms with E-state index in [1.807, 2.05) is 0 Å². The molecule has 0 unspecified atom stereocenters. The predicted octanol–water partition coefficient (Wildman–Crippen LogP) is 3.47. The van der Waals surface area contributed by atoms with E-state index in [2.05, 4.69) is 6.58 Å². The summed E-state index contributed by atoms with van der Waals surface area (Å²) >= 11 is 11.7. The van der Waals surface area contributed by atoms with Crippen LogP contribution >= 0.6 is 23.2 Å². The van der Waals surface area contributed by atoms with Crippen LogP contribution in [-0.4, -0.2) is 28.1 Å². The maximum Gasteiger partial charge on any atom is 0.314 e. The number of alkyl halides is 2. The van der Waals surface area contributed by atoms with Gasteiger partial charge in [0.25, 0.3) is 0 Å². The van der Waals surface area contributed by atoms with Crippen molar-refractivity contribution >= 4 is 29.2 Å². The Morgan fingerprint density at radius 2 is 2.00 bits per heavy atom. The summed E-state index contributed by atoms with van der Waals surface area (Å²) in [6.45, 7) is 8.63. The van der Waals surface area contributed by atoms with Crippen molar-refractivity contribution in [3.05, 3.63) is 12.7 Å². The lowest BCUT2D eigenvalue weighted by Gasteiger charge is -2.28. The summed E-state index contributed by atoms with van der Waals surface area (Å²) in [6.07, 6.45) is 2.36. The van der Waals surface area contributed by atoms with E-state index in [0.717, 1.165) is 0 Å². The van der Waals surface area contributed by atoms with E-state index in [4.69, 9.17) is 27.9 Å². The Bertz CT molecular complexity index is 282. The molecule has 0 aromatic heterocycles. The Hall–Kier alpha value is -0.250. The second-order valence-corrected chi connectivity index (χ2v) is 6.95. The van der Waals surface area contributed by atoms with Gasteiger partial charge in [-0.15, -0.1) is 23.2 Å². The van der Waals surface area contributed by atoms with Crippen molar-refractivity contribution in [3.8, 4) is 0 Å². The van der Waals surface area contributed by atoms with Gasteiger partial charge in [0.15, 0.2) is 0 Å². The highest BCUT2D eigenvalue weighted by Crippen LogP contribution is 2.30. The number of aliphatic hydroxyl groups excluding tert-OH is 1. The molecule has 5 heteroatoms. The van der Waals surface area contributed by atoms with Crippen molar-refractivity contribution in [1.82, 2.24) is 0 Å². The number of carbonyl (C=O) groups excluding carboxylic acids is 1. The van der Waals surface area contributed by atoms with Crippen LogP contribution in [0, 0.1) is 5.41 Å². The van der Waals surface area contributed by atoms with E-state index < -0.39 is 21.8 Å². The van der Waals surface area contributed by atoms with Crippen molar-refractivity contribution in [1.29, 1.82) is 0 Å². The SMILES string of the molecule is C=CCOC(=O)C(C)(C)[C@@H](O)CCCC(C)(Cl)Cl. The second kappa shape index (κ2) is 7.37. The Kier molecular flexibility index (Phi) is 7.26. The van der Waals surface area contributed by atoms with Gasteiger partial charge in [-0.1, -0.05) is 12.7 Å². The average Bonchev–Trinajstić information content (AvgIpc) is 2.23. The maximum absolute atomic E-state index is 11.7. The molecule has 106 valence electrons. The summed E-state index contributed by atoms with van der Waals surface area (Å²) in [5, 5.41) is 10.0. The molecule has 0 amide bonds. The quantitative estimate of drug-likeness (QED) is 0.424. The van der Waals surface area contributed by atoms with Gasteiger partial charge >= 0.3 is 5.97 Å². The van der Waals surface area contributed by atoms with Gasteiger partial charge in [0.2, 0.25) is 0 Å². The molecular formula is C13H22Cl2O3. The third-order valence-electron chi connectivity index (χ3n) is 2.78. The first-order valence-corrected chi connectivity index (χ1v) is 6.71. The monoisotopic (exact) mass is 296 g/mol. The topological polar surface area (TPSA) is 46.5 Å². The van der Waals surface area contributed by atoms with Gasteiger partial charge in [-0.3, -0.25) is 4.79 Å². The Balaban J connectivity index is 4.24. The molecule has 0 bridgehead atoms. The summed E-state index contributed by atoms with van der Waals surface area (Å²) in [7, 11) is 0. The fraction of sp³-hybridized carbons (Fsp3) is 0.769. The molecule has 0 aliphatic rings. The van der Waals surface area contributed by atoms with Crippen LogP contribution in [0.4, 0.5) is 0 Å². The van der Waals surface area contributed by atoms with Crippen molar-refractivity contribution in [2.75, 3.05) is 6.61 Å². The van der Waals surface area contributed by atoms with Gasteiger partial charge in [-0.25, -0.2) is 0 Å². The van der Waals surface area contributed by atoms with Crippen LogP contribution in [-0.2, 0) is 9.53 Å². The van der Waals surface area contributed by atoms with E-state index in [1.165, 1.54) is 6.08 Å². The lowest BCUT2D eigenvalue weighted by Crippen LogP contribution is -2.38. The second-order valence-electron chi connectivity index (χ2n) is 5.09. The Morgan fingerprint density at radius 3 is 2.44 bits per heavy atom. The van der Waals surface area contributed by atoms with Gasteiger partial charge in [0, 0.05) is 0 Å². The van der Waals surface area contributed by atoms with Crippen LogP contribution in [0.2, 0.25) is 0 Å². The van der Waals surface area contributed by atoms with Crippen LogP contribution in [0.15, 0.2) is 12.7 Å². The van der Waals surface area contributed by atoms with Crippen molar-refractivity contribution in [2.45, 2.75) is 50.5 Å². The molecule has 18 heavy (non-hydrogen) atoms. The molecule has 0 aromatic rings. The Labute approximate surface area is 119 Å². The predicted molar refractivity (Wildman–Crippen MR) is 74.9 cm³/mol. The normalized spacial score (nSPS) is 14.1. The number of rotatable bonds is 8.